The Kier molecular flexibility index (Phi) is 8.34. The predicted octanol–water partition coefficient (Wildman–Crippen LogP) is 4.62. The number of nitrogens with zero attached hydrogens (tertiary/aromatic N) is 5. The molecule has 11 heteroatoms. The fraction of sp³-hybridized carbons (Fsp3) is 0.269. The largest absolute Gasteiger partial charge is 0.354 e. The van der Waals surface area contributed by atoms with Gasteiger partial charge in [-0.05, 0) is 53.3 Å². The van der Waals surface area contributed by atoms with Crippen LogP contribution in [0.3, 0.4) is 0 Å². The Hall–Kier alpha value is -3.99. The smallest absolute Gasteiger partial charge is 0.251 e. The van der Waals surface area contributed by atoms with Crippen LogP contribution >= 0.6 is 11.3 Å². The van der Waals surface area contributed by atoms with E-state index in [4.69, 9.17) is 0 Å². The Morgan fingerprint density at radius 2 is 1.76 bits per heavy atom. The van der Waals surface area contributed by atoms with Crippen molar-refractivity contribution in [1.29, 1.82) is 0 Å². The van der Waals surface area contributed by atoms with Gasteiger partial charge in [-0.1, -0.05) is 44.2 Å². The summed E-state index contributed by atoms with van der Waals surface area (Å²) in [6.07, 6.45) is 0.748. The third kappa shape index (κ3) is 6.23. The van der Waals surface area contributed by atoms with Crippen LogP contribution < -0.4 is 10.2 Å². The van der Waals surface area contributed by atoms with Gasteiger partial charge in [-0.15, -0.1) is 21.5 Å². The second-order valence-electron chi connectivity index (χ2n) is 8.73. The van der Waals surface area contributed by atoms with Gasteiger partial charge in [-0.3, -0.25) is 14.5 Å². The van der Waals surface area contributed by atoms with Gasteiger partial charge in [0.15, 0.2) is 0 Å². The highest BCUT2D eigenvalue weighted by atomic mass is 32.1. The molecule has 0 spiro atoms. The lowest BCUT2D eigenvalue weighted by molar-refractivity contribution is -0.127. The van der Waals surface area contributed by atoms with Crippen LogP contribution in [0.25, 0.3) is 11.4 Å². The zero-order valence-electron chi connectivity index (χ0n) is 20.3. The van der Waals surface area contributed by atoms with E-state index in [-0.39, 0.29) is 17.1 Å². The van der Waals surface area contributed by atoms with Gasteiger partial charge < -0.3 is 5.32 Å². The number of rotatable bonds is 10. The minimum Gasteiger partial charge on any atom is -0.354 e. The van der Waals surface area contributed by atoms with Crippen molar-refractivity contribution >= 4 is 28.8 Å². The number of para-hydroxylation sites is 1. The molecule has 4 rings (SSSR count). The Bertz CT molecular complexity index is 1360. The maximum absolute atomic E-state index is 15.0. The Morgan fingerprint density at radius 1 is 1.03 bits per heavy atom. The normalized spacial score (nSPS) is 11.9. The molecule has 2 aromatic carbocycles. The minimum atomic E-state index is -1.12. The molecule has 0 fully saturated rings. The van der Waals surface area contributed by atoms with Crippen LogP contribution in [0.5, 0.6) is 0 Å². The number of thiophene rings is 1. The maximum atomic E-state index is 15.0. The molecule has 0 saturated heterocycles. The van der Waals surface area contributed by atoms with Crippen molar-refractivity contribution in [1.82, 2.24) is 25.5 Å². The van der Waals surface area contributed by atoms with E-state index < -0.39 is 36.0 Å². The number of nitrogens with one attached hydrogen (secondary N) is 1. The summed E-state index contributed by atoms with van der Waals surface area (Å²) in [6.45, 7) is 4.04. The van der Waals surface area contributed by atoms with Crippen LogP contribution in [-0.4, -0.2) is 38.6 Å². The van der Waals surface area contributed by atoms with Gasteiger partial charge >= 0.3 is 0 Å². The van der Waals surface area contributed by atoms with Gasteiger partial charge in [0, 0.05) is 11.4 Å². The quantitative estimate of drug-likeness (QED) is 0.327. The molecule has 0 aliphatic heterocycles. The summed E-state index contributed by atoms with van der Waals surface area (Å²) in [5, 5.41) is 16.5. The van der Waals surface area contributed by atoms with E-state index in [1.807, 2.05) is 13.8 Å². The lowest BCUT2D eigenvalue weighted by atomic mass is 10.1. The summed E-state index contributed by atoms with van der Waals surface area (Å²) < 4.78 is 29.2. The van der Waals surface area contributed by atoms with Gasteiger partial charge in [-0.2, -0.15) is 4.80 Å². The van der Waals surface area contributed by atoms with Gasteiger partial charge in [0.1, 0.15) is 24.2 Å². The van der Waals surface area contributed by atoms with Crippen molar-refractivity contribution in [3.05, 3.63) is 82.6 Å². The van der Waals surface area contributed by atoms with Crippen molar-refractivity contribution in [3.8, 4) is 11.4 Å². The second-order valence-corrected chi connectivity index (χ2v) is 9.71. The number of hydrogen-bond acceptors (Lipinski definition) is 6. The molecule has 8 nitrogen and oxygen atoms in total. The van der Waals surface area contributed by atoms with E-state index in [0.717, 1.165) is 16.1 Å². The van der Waals surface area contributed by atoms with Gasteiger partial charge in [0.2, 0.25) is 11.7 Å². The molecule has 1 N–H and O–H groups in total. The van der Waals surface area contributed by atoms with Crippen molar-refractivity contribution in [2.45, 2.75) is 32.9 Å². The molecule has 0 unspecified atom stereocenters. The number of benzene rings is 2. The molecule has 192 valence electrons. The topological polar surface area (TPSA) is 93.0 Å². The number of carbonyl (C=O) groups is 2. The molecule has 0 aliphatic carbocycles. The summed E-state index contributed by atoms with van der Waals surface area (Å²) in [4.78, 5) is 29.8. The van der Waals surface area contributed by atoms with Crippen molar-refractivity contribution in [3.63, 3.8) is 0 Å². The zero-order chi connectivity index (χ0) is 26.4. The van der Waals surface area contributed by atoms with Crippen molar-refractivity contribution in [2.24, 2.45) is 5.92 Å². The molecule has 2 heterocycles. The van der Waals surface area contributed by atoms with E-state index in [1.54, 1.807) is 29.6 Å². The number of amides is 2. The molecule has 0 aliphatic rings. The van der Waals surface area contributed by atoms with E-state index in [9.17, 15) is 14.0 Å². The summed E-state index contributed by atoms with van der Waals surface area (Å²) in [6, 6.07) is 14.1. The standard InChI is InChI=1S/C26H26F2N6O2S/c1-17(2)13-14-29-26(36)24(22-12-7-15-37-22)34(21-11-6-5-10-20(21)28)23(35)16-33-31-25(30-32-33)18-8-3-4-9-19(18)27/h3-12,15,17,24H,13-14,16H2,1-2H3,(H,29,36)/t24-/m1/s1. The van der Waals surface area contributed by atoms with E-state index in [2.05, 4.69) is 20.7 Å². The fourth-order valence-electron chi connectivity index (χ4n) is 3.72. The van der Waals surface area contributed by atoms with Crippen molar-refractivity contribution in [2.75, 3.05) is 11.4 Å². The van der Waals surface area contributed by atoms with Gasteiger partial charge in [0.25, 0.3) is 5.91 Å². The molecule has 4 aromatic rings. The molecule has 0 radical (unpaired) electrons. The molecular formula is C26H26F2N6O2S. The third-order valence-corrected chi connectivity index (χ3v) is 6.49. The number of aromatic nitrogens is 4. The lowest BCUT2D eigenvalue weighted by Crippen LogP contribution is -2.45. The third-order valence-electron chi connectivity index (χ3n) is 5.57. The van der Waals surface area contributed by atoms with Crippen LogP contribution in [0, 0.1) is 17.6 Å². The molecular weight excluding hydrogens is 498 g/mol. The number of tetrazole rings is 1. The SMILES string of the molecule is CC(C)CCNC(=O)[C@@H](c1cccs1)N(C(=O)Cn1nnc(-c2ccccc2F)n1)c1ccccc1F. The Labute approximate surface area is 216 Å². The highest BCUT2D eigenvalue weighted by molar-refractivity contribution is 7.10. The summed E-state index contributed by atoms with van der Waals surface area (Å²) in [5.74, 6) is -1.89. The Morgan fingerprint density at radius 3 is 2.43 bits per heavy atom. The summed E-state index contributed by atoms with van der Waals surface area (Å²) in [7, 11) is 0. The van der Waals surface area contributed by atoms with Gasteiger partial charge in [-0.25, -0.2) is 8.78 Å². The van der Waals surface area contributed by atoms with Crippen LogP contribution in [0.2, 0.25) is 0 Å². The first-order valence-corrected chi connectivity index (χ1v) is 12.6. The number of anilines is 1. The predicted molar refractivity (Wildman–Crippen MR) is 137 cm³/mol. The summed E-state index contributed by atoms with van der Waals surface area (Å²) in [5.41, 5.74) is 0.0764. The van der Waals surface area contributed by atoms with Crippen LogP contribution in [0.1, 0.15) is 31.2 Å². The second kappa shape index (κ2) is 11.8. The first-order chi connectivity index (χ1) is 17.8. The highest BCUT2D eigenvalue weighted by Crippen LogP contribution is 2.32. The summed E-state index contributed by atoms with van der Waals surface area (Å²) >= 11 is 1.29. The monoisotopic (exact) mass is 524 g/mol. The zero-order valence-corrected chi connectivity index (χ0v) is 21.2. The first-order valence-electron chi connectivity index (χ1n) is 11.8. The number of hydrogen-bond donors (Lipinski definition) is 1. The van der Waals surface area contributed by atoms with Crippen molar-refractivity contribution < 1.29 is 18.4 Å². The number of carbonyl (C=O) groups excluding carboxylic acids is 2. The number of halogens is 2. The molecule has 2 amide bonds. The first kappa shape index (κ1) is 26.1. The van der Waals surface area contributed by atoms with E-state index in [1.165, 1.54) is 47.7 Å². The van der Waals surface area contributed by atoms with Crippen LogP contribution in [0.4, 0.5) is 14.5 Å². The molecule has 2 aromatic heterocycles. The average molecular weight is 525 g/mol. The van der Waals surface area contributed by atoms with E-state index in [0.29, 0.717) is 17.3 Å². The molecule has 37 heavy (non-hydrogen) atoms. The molecule has 1 atom stereocenters. The van der Waals surface area contributed by atoms with Gasteiger partial charge in [0.05, 0.1) is 11.3 Å². The highest BCUT2D eigenvalue weighted by Gasteiger charge is 2.35. The van der Waals surface area contributed by atoms with Crippen LogP contribution in [0.15, 0.2) is 66.0 Å². The lowest BCUT2D eigenvalue weighted by Gasteiger charge is -2.30. The van der Waals surface area contributed by atoms with E-state index >= 15 is 4.39 Å². The Balaban J connectivity index is 1.68. The average Bonchev–Trinajstić information content (AvgIpc) is 3.55. The fourth-order valence-corrected chi connectivity index (χ4v) is 4.54. The van der Waals surface area contributed by atoms with Crippen LogP contribution in [-0.2, 0) is 16.1 Å². The minimum absolute atomic E-state index is 0.00424. The molecule has 0 saturated carbocycles. The molecule has 0 bridgehead atoms. The maximum Gasteiger partial charge on any atom is 0.251 e.